The fourth-order valence-corrected chi connectivity index (χ4v) is 10.1. The van der Waals surface area contributed by atoms with Crippen LogP contribution in [0.25, 0.3) is 0 Å². The second kappa shape index (κ2) is 60.7. The number of amides is 1. The highest BCUT2D eigenvalue weighted by atomic mass is 16.6. The molecule has 0 saturated carbocycles. The molecule has 12 nitrogen and oxygen atoms in total. The Morgan fingerprint density at radius 2 is 0.692 bits per heavy atom. The zero-order chi connectivity index (χ0) is 66.4. The number of hydrogen-bond donors (Lipinski definition) is 1. The predicted octanol–water partition coefficient (Wildman–Crippen LogP) is 21.0. The molecular weight excluding hydrogens is 1140 g/mol. The summed E-state index contributed by atoms with van der Waals surface area (Å²) in [4.78, 5) is 63.1. The molecule has 0 aliphatic carbocycles. The molecule has 0 radical (unpaired) electrons. The van der Waals surface area contributed by atoms with E-state index in [1.54, 1.807) is 0 Å². The SMILES string of the molecule is CCCCCC/C=C\COC(=O)CCCCCCCN(CCCCc1ccc(C(=O)OC/C=C\CCCCCC)cc1)C(=O)OC(C)(C)C.CCCCCC/C=C\COC(=O)CCCCCCCNCCCCc1ccc(C(=O)OC/C=C\CCCCCC)cc1. The van der Waals surface area contributed by atoms with Crippen molar-refractivity contribution in [1.82, 2.24) is 10.2 Å². The maximum absolute atomic E-state index is 12.9. The molecule has 0 aliphatic rings. The Labute approximate surface area is 555 Å². The summed E-state index contributed by atoms with van der Waals surface area (Å²) in [7, 11) is 0. The Morgan fingerprint density at radius 3 is 1.08 bits per heavy atom. The van der Waals surface area contributed by atoms with E-state index in [1.807, 2.05) is 98.5 Å². The van der Waals surface area contributed by atoms with Gasteiger partial charge in [-0.1, -0.05) is 216 Å². The minimum absolute atomic E-state index is 0.0718. The third-order valence-electron chi connectivity index (χ3n) is 15.7. The third-order valence-corrected chi connectivity index (χ3v) is 15.7. The lowest BCUT2D eigenvalue weighted by atomic mass is 10.1. The minimum Gasteiger partial charge on any atom is -0.461 e. The summed E-state index contributed by atoms with van der Waals surface area (Å²) in [6.07, 6.45) is 57.4. The molecule has 2 aromatic carbocycles. The van der Waals surface area contributed by atoms with E-state index < -0.39 is 5.60 Å². The first-order valence-corrected chi connectivity index (χ1v) is 36.4. The molecule has 1 N–H and O–H groups in total. The number of nitrogens with zero attached hydrogens (tertiary/aromatic N) is 1. The van der Waals surface area contributed by atoms with Gasteiger partial charge in [-0.2, -0.15) is 0 Å². The van der Waals surface area contributed by atoms with Crippen LogP contribution in [0.5, 0.6) is 0 Å². The molecule has 0 atom stereocenters. The molecule has 0 aliphatic heterocycles. The van der Waals surface area contributed by atoms with Crippen LogP contribution in [0.2, 0.25) is 0 Å². The highest BCUT2D eigenvalue weighted by Gasteiger charge is 2.22. The van der Waals surface area contributed by atoms with Crippen molar-refractivity contribution in [1.29, 1.82) is 0 Å². The second-order valence-electron chi connectivity index (χ2n) is 25.4. The van der Waals surface area contributed by atoms with Crippen molar-refractivity contribution in [3.05, 3.63) is 119 Å². The molecule has 0 heterocycles. The van der Waals surface area contributed by atoms with Gasteiger partial charge in [0.1, 0.15) is 32.0 Å². The van der Waals surface area contributed by atoms with E-state index in [4.69, 9.17) is 23.7 Å². The fraction of sp³-hybridized carbons (Fsp3) is 0.684. The van der Waals surface area contributed by atoms with Crippen molar-refractivity contribution in [2.75, 3.05) is 52.6 Å². The first kappa shape index (κ1) is 83.5. The van der Waals surface area contributed by atoms with Gasteiger partial charge >= 0.3 is 30.0 Å². The van der Waals surface area contributed by atoms with Crippen LogP contribution >= 0.6 is 0 Å². The van der Waals surface area contributed by atoms with Gasteiger partial charge in [0.05, 0.1) is 11.1 Å². The number of unbranched alkanes of at least 4 members (excludes halogenated alkanes) is 26. The summed E-state index contributed by atoms with van der Waals surface area (Å²) >= 11 is 0. The van der Waals surface area contributed by atoms with E-state index in [1.165, 1.54) is 128 Å². The maximum atomic E-state index is 12.9. The average molecular weight is 1270 g/mol. The van der Waals surface area contributed by atoms with Crippen LogP contribution in [-0.4, -0.2) is 93.1 Å². The third kappa shape index (κ3) is 53.7. The Hall–Kier alpha value is -5.49. The molecule has 2 rings (SSSR count). The van der Waals surface area contributed by atoms with E-state index in [-0.39, 0.29) is 30.0 Å². The van der Waals surface area contributed by atoms with Gasteiger partial charge in [-0.05, 0) is 185 Å². The molecule has 0 aromatic heterocycles. The van der Waals surface area contributed by atoms with Gasteiger partial charge in [-0.3, -0.25) is 9.59 Å². The molecule has 0 saturated heterocycles. The quantitative estimate of drug-likeness (QED) is 0.0292. The van der Waals surface area contributed by atoms with Gasteiger partial charge in [-0.15, -0.1) is 0 Å². The number of hydrogen-bond acceptors (Lipinski definition) is 11. The standard InChI is InChI=1S/C42H69NO6.C37H61NO4/c1-6-8-10-12-14-19-25-35-47-39(44)28-21-17-16-18-23-33-43(41(46)49-42(3,4)5)34-24-22-27-37-29-31-38(32-30-37)40(45)48-36-26-20-15-13-11-9-7-2;1-3-5-7-9-11-16-22-32-41-36(39)25-18-14-13-15-20-30-38-31-21-19-24-34-26-28-35(29-27-34)37(40)42-33-23-17-12-10-8-6-4-2/h19-20,25-26,29-32H,6-18,21-24,27-28,33-36H2,1-5H3;16-17,22-23,26-29,38H,3-15,18-21,24-25,30-33H2,1-2H3/b25-19-,26-20-;22-16-,23-17-. The molecular formula is C79H130N2O10. The first-order chi connectivity index (χ1) is 44.3. The zero-order valence-corrected chi connectivity index (χ0v) is 58.8. The van der Waals surface area contributed by atoms with Crippen molar-refractivity contribution < 1.29 is 47.7 Å². The molecule has 516 valence electrons. The molecule has 2 aromatic rings. The topological polar surface area (TPSA) is 147 Å². The average Bonchev–Trinajstić information content (AvgIpc) is 3.74. The lowest BCUT2D eigenvalue weighted by Crippen LogP contribution is -2.38. The van der Waals surface area contributed by atoms with Crippen molar-refractivity contribution in [2.45, 2.75) is 298 Å². The van der Waals surface area contributed by atoms with Crippen molar-refractivity contribution in [3.8, 4) is 0 Å². The Bertz CT molecular complexity index is 2190. The Balaban J connectivity index is 0.000000921. The van der Waals surface area contributed by atoms with E-state index in [0.29, 0.717) is 63.5 Å². The summed E-state index contributed by atoms with van der Waals surface area (Å²) in [5.74, 6) is -0.755. The van der Waals surface area contributed by atoms with E-state index in [0.717, 1.165) is 128 Å². The molecule has 91 heavy (non-hydrogen) atoms. The maximum Gasteiger partial charge on any atom is 0.410 e. The number of carbonyl (C=O) groups is 5. The van der Waals surface area contributed by atoms with E-state index >= 15 is 0 Å². The zero-order valence-electron chi connectivity index (χ0n) is 58.8. The number of benzene rings is 2. The number of nitrogens with one attached hydrogen (secondary N) is 1. The molecule has 0 bridgehead atoms. The number of rotatable bonds is 56. The van der Waals surface area contributed by atoms with Gasteiger partial charge < -0.3 is 33.9 Å². The van der Waals surface area contributed by atoms with E-state index in [9.17, 15) is 24.0 Å². The van der Waals surface area contributed by atoms with Crippen LogP contribution in [0, 0.1) is 0 Å². The van der Waals surface area contributed by atoms with Gasteiger partial charge in [0.2, 0.25) is 0 Å². The van der Waals surface area contributed by atoms with E-state index in [2.05, 4.69) is 57.3 Å². The lowest BCUT2D eigenvalue weighted by Gasteiger charge is -2.27. The van der Waals surface area contributed by atoms with Gasteiger partial charge in [0, 0.05) is 25.9 Å². The van der Waals surface area contributed by atoms with Crippen LogP contribution < -0.4 is 5.32 Å². The highest BCUT2D eigenvalue weighted by Crippen LogP contribution is 2.17. The summed E-state index contributed by atoms with van der Waals surface area (Å²) in [5.41, 5.74) is 3.06. The minimum atomic E-state index is -0.540. The van der Waals surface area contributed by atoms with Crippen molar-refractivity contribution >= 4 is 30.0 Å². The number of allylic oxidation sites excluding steroid dienone is 4. The van der Waals surface area contributed by atoms with Crippen LogP contribution in [0.3, 0.4) is 0 Å². The van der Waals surface area contributed by atoms with Gasteiger partial charge in [-0.25, -0.2) is 14.4 Å². The monoisotopic (exact) mass is 1270 g/mol. The molecule has 12 heteroatoms. The summed E-state index contributed by atoms with van der Waals surface area (Å²) in [5, 5.41) is 3.55. The summed E-state index contributed by atoms with van der Waals surface area (Å²) in [6.45, 7) is 19.4. The smallest absolute Gasteiger partial charge is 0.410 e. The highest BCUT2D eigenvalue weighted by molar-refractivity contribution is 5.90. The number of aryl methyl sites for hydroxylation is 2. The molecule has 0 fully saturated rings. The van der Waals surface area contributed by atoms with Crippen LogP contribution in [0.1, 0.15) is 311 Å². The second-order valence-corrected chi connectivity index (χ2v) is 25.4. The van der Waals surface area contributed by atoms with Crippen molar-refractivity contribution in [3.63, 3.8) is 0 Å². The van der Waals surface area contributed by atoms with Gasteiger partial charge in [0.25, 0.3) is 0 Å². The number of carbonyl (C=O) groups excluding carboxylic acids is 5. The number of esters is 4. The normalized spacial score (nSPS) is 11.6. The van der Waals surface area contributed by atoms with Crippen LogP contribution in [0.15, 0.2) is 97.1 Å². The van der Waals surface area contributed by atoms with Crippen LogP contribution in [0.4, 0.5) is 4.79 Å². The van der Waals surface area contributed by atoms with Crippen molar-refractivity contribution in [2.24, 2.45) is 0 Å². The van der Waals surface area contributed by atoms with Crippen LogP contribution in [-0.2, 0) is 46.1 Å². The lowest BCUT2D eigenvalue weighted by molar-refractivity contribution is -0.143. The molecule has 1 amide bonds. The molecule has 0 spiro atoms. The number of ether oxygens (including phenoxy) is 5. The predicted molar refractivity (Wildman–Crippen MR) is 379 cm³/mol. The fourth-order valence-electron chi connectivity index (χ4n) is 10.1. The Kier molecular flexibility index (Phi) is 55.7. The largest absolute Gasteiger partial charge is 0.461 e. The first-order valence-electron chi connectivity index (χ1n) is 36.4. The summed E-state index contributed by atoms with van der Waals surface area (Å²) in [6, 6.07) is 15.5. The summed E-state index contributed by atoms with van der Waals surface area (Å²) < 4.78 is 27.0. The van der Waals surface area contributed by atoms with Gasteiger partial charge in [0.15, 0.2) is 0 Å². The molecule has 0 unspecified atom stereocenters. The Morgan fingerprint density at radius 1 is 0.374 bits per heavy atom.